The Kier molecular flexibility index (Phi) is 4.98. The number of amides is 3. The lowest BCUT2D eigenvalue weighted by Gasteiger charge is -2.08. The summed E-state index contributed by atoms with van der Waals surface area (Å²) < 4.78 is 1.52. The largest absolute Gasteiger partial charge is 0.351 e. The summed E-state index contributed by atoms with van der Waals surface area (Å²) in [6.45, 7) is 0. The minimum Gasteiger partial charge on any atom is -0.351 e. The number of rotatable bonds is 3. The standard InChI is InChI=1S/C14H11Br2N3O2/c15-8-1-6-12(16)11(7-8)13(20)18-9-2-4-10(5-3-9)19-14(17)21/h1-7H,(H,18,20)(H3,17,19,21). The lowest BCUT2D eigenvalue weighted by Crippen LogP contribution is -2.19. The van der Waals surface area contributed by atoms with Crippen LogP contribution < -0.4 is 16.4 Å². The van der Waals surface area contributed by atoms with Crippen molar-refractivity contribution in [2.45, 2.75) is 0 Å². The zero-order valence-electron chi connectivity index (χ0n) is 10.7. The van der Waals surface area contributed by atoms with Crippen molar-refractivity contribution in [1.29, 1.82) is 0 Å². The SMILES string of the molecule is NC(=O)Nc1ccc(NC(=O)c2cc(Br)ccc2Br)cc1. The van der Waals surface area contributed by atoms with Gasteiger partial charge in [-0.1, -0.05) is 15.9 Å². The number of carbonyl (C=O) groups is 2. The van der Waals surface area contributed by atoms with Gasteiger partial charge in [-0.05, 0) is 58.4 Å². The summed E-state index contributed by atoms with van der Waals surface area (Å²) >= 11 is 6.67. The van der Waals surface area contributed by atoms with Crippen molar-refractivity contribution in [3.8, 4) is 0 Å². The van der Waals surface area contributed by atoms with Crippen molar-refractivity contribution in [2.75, 3.05) is 10.6 Å². The second-order valence-corrected chi connectivity index (χ2v) is 5.91. The molecular formula is C14H11Br2N3O2. The monoisotopic (exact) mass is 411 g/mol. The topological polar surface area (TPSA) is 84.2 Å². The molecule has 0 radical (unpaired) electrons. The average molecular weight is 413 g/mol. The van der Waals surface area contributed by atoms with E-state index in [2.05, 4.69) is 42.5 Å². The number of carbonyl (C=O) groups excluding carboxylic acids is 2. The molecule has 0 aliphatic rings. The fourth-order valence-electron chi connectivity index (χ4n) is 1.65. The minimum absolute atomic E-state index is 0.237. The average Bonchev–Trinajstić information content (AvgIpc) is 2.43. The molecule has 0 saturated carbocycles. The first-order chi connectivity index (χ1) is 9.95. The second-order valence-electron chi connectivity index (χ2n) is 4.14. The highest BCUT2D eigenvalue weighted by Gasteiger charge is 2.10. The van der Waals surface area contributed by atoms with E-state index < -0.39 is 6.03 Å². The maximum atomic E-state index is 12.2. The molecule has 0 unspecified atom stereocenters. The molecule has 4 N–H and O–H groups in total. The van der Waals surface area contributed by atoms with E-state index >= 15 is 0 Å². The van der Waals surface area contributed by atoms with Crippen LogP contribution in [0.4, 0.5) is 16.2 Å². The van der Waals surface area contributed by atoms with Crippen LogP contribution in [-0.4, -0.2) is 11.9 Å². The lowest BCUT2D eigenvalue weighted by molar-refractivity contribution is 0.102. The van der Waals surface area contributed by atoms with Crippen LogP contribution in [-0.2, 0) is 0 Å². The van der Waals surface area contributed by atoms with Gasteiger partial charge in [0.1, 0.15) is 0 Å². The van der Waals surface area contributed by atoms with Crippen molar-refractivity contribution < 1.29 is 9.59 Å². The summed E-state index contributed by atoms with van der Waals surface area (Å²) in [6.07, 6.45) is 0. The van der Waals surface area contributed by atoms with Crippen LogP contribution in [0.15, 0.2) is 51.4 Å². The van der Waals surface area contributed by atoms with Crippen molar-refractivity contribution in [3.05, 3.63) is 57.0 Å². The summed E-state index contributed by atoms with van der Waals surface area (Å²) in [5, 5.41) is 5.22. The summed E-state index contributed by atoms with van der Waals surface area (Å²) in [6, 6.07) is 11.4. The molecule has 0 saturated heterocycles. The molecule has 7 heteroatoms. The number of anilines is 2. The normalized spacial score (nSPS) is 10.0. The zero-order valence-corrected chi connectivity index (χ0v) is 13.9. The van der Waals surface area contributed by atoms with E-state index in [4.69, 9.17) is 5.73 Å². The Morgan fingerprint density at radius 2 is 1.48 bits per heavy atom. The lowest BCUT2D eigenvalue weighted by atomic mass is 10.2. The van der Waals surface area contributed by atoms with Gasteiger partial charge >= 0.3 is 6.03 Å². The predicted octanol–water partition coefficient (Wildman–Crippen LogP) is 3.95. The Labute approximate surface area is 138 Å². The summed E-state index contributed by atoms with van der Waals surface area (Å²) in [4.78, 5) is 22.9. The molecule has 0 aromatic heterocycles. The molecule has 2 rings (SSSR count). The predicted molar refractivity (Wildman–Crippen MR) is 89.4 cm³/mol. The smallest absolute Gasteiger partial charge is 0.316 e. The third-order valence-electron chi connectivity index (χ3n) is 2.58. The van der Waals surface area contributed by atoms with E-state index in [1.165, 1.54) is 0 Å². The fraction of sp³-hybridized carbons (Fsp3) is 0. The molecule has 0 fully saturated rings. The van der Waals surface area contributed by atoms with Crippen LogP contribution in [0.3, 0.4) is 0 Å². The van der Waals surface area contributed by atoms with Crippen LogP contribution in [0.1, 0.15) is 10.4 Å². The molecule has 0 aliphatic carbocycles. The van der Waals surface area contributed by atoms with Crippen molar-refractivity contribution in [2.24, 2.45) is 5.73 Å². The summed E-state index contributed by atoms with van der Waals surface area (Å²) in [7, 11) is 0. The Morgan fingerprint density at radius 3 is 2.05 bits per heavy atom. The fourth-order valence-corrected chi connectivity index (χ4v) is 2.44. The first-order valence-electron chi connectivity index (χ1n) is 5.88. The van der Waals surface area contributed by atoms with Crippen LogP contribution >= 0.6 is 31.9 Å². The van der Waals surface area contributed by atoms with E-state index in [9.17, 15) is 9.59 Å². The zero-order chi connectivity index (χ0) is 15.4. The van der Waals surface area contributed by atoms with E-state index in [0.29, 0.717) is 21.4 Å². The molecule has 108 valence electrons. The van der Waals surface area contributed by atoms with Crippen molar-refractivity contribution >= 4 is 55.2 Å². The van der Waals surface area contributed by atoms with E-state index in [0.717, 1.165) is 4.47 Å². The molecule has 0 atom stereocenters. The number of hydrogen-bond acceptors (Lipinski definition) is 2. The molecule has 0 aliphatic heterocycles. The van der Waals surface area contributed by atoms with Crippen LogP contribution in [0.25, 0.3) is 0 Å². The Morgan fingerprint density at radius 1 is 0.905 bits per heavy atom. The van der Waals surface area contributed by atoms with Gasteiger partial charge in [0.2, 0.25) is 0 Å². The molecular weight excluding hydrogens is 402 g/mol. The summed E-state index contributed by atoms with van der Waals surface area (Å²) in [5.41, 5.74) is 6.71. The first kappa shape index (κ1) is 15.5. The first-order valence-corrected chi connectivity index (χ1v) is 7.47. The highest BCUT2D eigenvalue weighted by Crippen LogP contribution is 2.23. The van der Waals surface area contributed by atoms with Crippen LogP contribution in [0.5, 0.6) is 0 Å². The number of nitrogens with two attached hydrogens (primary N) is 1. The second kappa shape index (κ2) is 6.73. The molecule has 3 amide bonds. The van der Waals surface area contributed by atoms with E-state index in [-0.39, 0.29) is 5.91 Å². The van der Waals surface area contributed by atoms with Crippen molar-refractivity contribution in [3.63, 3.8) is 0 Å². The molecule has 0 spiro atoms. The van der Waals surface area contributed by atoms with Gasteiger partial charge in [0.25, 0.3) is 5.91 Å². The number of nitrogens with one attached hydrogen (secondary N) is 2. The molecule has 21 heavy (non-hydrogen) atoms. The Balaban J connectivity index is 2.12. The van der Waals surface area contributed by atoms with Gasteiger partial charge in [-0.3, -0.25) is 4.79 Å². The highest BCUT2D eigenvalue weighted by molar-refractivity contribution is 9.11. The number of halogens is 2. The maximum Gasteiger partial charge on any atom is 0.316 e. The van der Waals surface area contributed by atoms with Gasteiger partial charge < -0.3 is 16.4 Å². The third kappa shape index (κ3) is 4.30. The molecule has 0 heterocycles. The molecule has 5 nitrogen and oxygen atoms in total. The van der Waals surface area contributed by atoms with Gasteiger partial charge in [-0.2, -0.15) is 0 Å². The van der Waals surface area contributed by atoms with Gasteiger partial charge in [0.05, 0.1) is 5.56 Å². The maximum absolute atomic E-state index is 12.2. The quantitative estimate of drug-likeness (QED) is 0.712. The number of benzene rings is 2. The van der Waals surface area contributed by atoms with Gasteiger partial charge in [0.15, 0.2) is 0 Å². The number of urea groups is 1. The van der Waals surface area contributed by atoms with Crippen molar-refractivity contribution in [1.82, 2.24) is 0 Å². The van der Waals surface area contributed by atoms with E-state index in [1.807, 2.05) is 6.07 Å². The van der Waals surface area contributed by atoms with Crippen LogP contribution in [0, 0.1) is 0 Å². The number of hydrogen-bond donors (Lipinski definition) is 3. The Hall–Kier alpha value is -1.86. The van der Waals surface area contributed by atoms with Gasteiger partial charge in [-0.25, -0.2) is 4.79 Å². The molecule has 2 aromatic rings. The highest BCUT2D eigenvalue weighted by atomic mass is 79.9. The van der Waals surface area contributed by atoms with Gasteiger partial charge in [0, 0.05) is 20.3 Å². The van der Waals surface area contributed by atoms with Gasteiger partial charge in [-0.15, -0.1) is 0 Å². The molecule has 0 bridgehead atoms. The Bertz CT molecular complexity index is 687. The number of primary amides is 1. The minimum atomic E-state index is -0.634. The summed E-state index contributed by atoms with van der Waals surface area (Å²) in [5.74, 6) is -0.237. The van der Waals surface area contributed by atoms with Crippen LogP contribution in [0.2, 0.25) is 0 Å². The third-order valence-corrected chi connectivity index (χ3v) is 3.77. The molecule has 2 aromatic carbocycles. The van der Waals surface area contributed by atoms with E-state index in [1.54, 1.807) is 36.4 Å².